The lowest BCUT2D eigenvalue weighted by atomic mass is 10.1. The van der Waals surface area contributed by atoms with Crippen LogP contribution in [-0.4, -0.2) is 18.3 Å². The molecule has 2 rings (SSSR count). The summed E-state index contributed by atoms with van der Waals surface area (Å²) in [5.41, 5.74) is 7.33. The van der Waals surface area contributed by atoms with Gasteiger partial charge in [-0.25, -0.2) is 0 Å². The van der Waals surface area contributed by atoms with Crippen LogP contribution >= 0.6 is 0 Å². The molecule has 5 heteroatoms. The number of nitrogens with two attached hydrogens (primary N) is 1. The van der Waals surface area contributed by atoms with E-state index in [0.717, 1.165) is 0 Å². The molecule has 3 N–H and O–H groups in total. The zero-order valence-corrected chi connectivity index (χ0v) is 11.6. The average Bonchev–Trinajstić information content (AvgIpc) is 2.47. The molecule has 0 aliphatic rings. The SMILES string of the molecule is CC(=O)c1ccc(OCC(=O)Nc2ccccc2)c(N)c1. The average molecular weight is 284 g/mol. The van der Waals surface area contributed by atoms with E-state index in [2.05, 4.69) is 5.32 Å². The Hall–Kier alpha value is -2.82. The Balaban J connectivity index is 1.94. The number of para-hydroxylation sites is 1. The van der Waals surface area contributed by atoms with Gasteiger partial charge in [0, 0.05) is 11.3 Å². The summed E-state index contributed by atoms with van der Waals surface area (Å²) in [4.78, 5) is 23.0. The maximum atomic E-state index is 11.7. The molecular weight excluding hydrogens is 268 g/mol. The molecule has 0 unspecified atom stereocenters. The van der Waals surface area contributed by atoms with Crippen LogP contribution in [0.3, 0.4) is 0 Å². The number of nitrogens with one attached hydrogen (secondary N) is 1. The first-order valence-corrected chi connectivity index (χ1v) is 6.44. The van der Waals surface area contributed by atoms with Crippen LogP contribution in [0.1, 0.15) is 17.3 Å². The van der Waals surface area contributed by atoms with Gasteiger partial charge in [-0.1, -0.05) is 18.2 Å². The molecule has 0 bridgehead atoms. The van der Waals surface area contributed by atoms with Crippen LogP contribution in [0, 0.1) is 0 Å². The Bertz CT molecular complexity index is 654. The zero-order chi connectivity index (χ0) is 15.2. The van der Waals surface area contributed by atoms with E-state index in [-0.39, 0.29) is 18.3 Å². The van der Waals surface area contributed by atoms with Crippen molar-refractivity contribution >= 4 is 23.1 Å². The van der Waals surface area contributed by atoms with E-state index in [4.69, 9.17) is 10.5 Å². The molecule has 0 spiro atoms. The highest BCUT2D eigenvalue weighted by atomic mass is 16.5. The molecule has 2 aromatic carbocycles. The second kappa shape index (κ2) is 6.56. The van der Waals surface area contributed by atoms with Gasteiger partial charge in [-0.3, -0.25) is 9.59 Å². The molecule has 0 heterocycles. The number of hydrogen-bond donors (Lipinski definition) is 2. The summed E-state index contributed by atoms with van der Waals surface area (Å²) in [6.07, 6.45) is 0. The molecule has 2 aromatic rings. The number of carbonyl (C=O) groups excluding carboxylic acids is 2. The second-order valence-corrected chi connectivity index (χ2v) is 4.51. The summed E-state index contributed by atoms with van der Waals surface area (Å²) >= 11 is 0. The fourth-order valence-corrected chi connectivity index (χ4v) is 1.76. The van der Waals surface area contributed by atoms with Crippen molar-refractivity contribution in [1.29, 1.82) is 0 Å². The van der Waals surface area contributed by atoms with E-state index < -0.39 is 0 Å². The number of hydrogen-bond acceptors (Lipinski definition) is 4. The van der Waals surface area contributed by atoms with Crippen LogP contribution in [0.25, 0.3) is 0 Å². The molecule has 0 aliphatic carbocycles. The predicted octanol–water partition coefficient (Wildman–Crippen LogP) is 2.49. The third-order valence-corrected chi connectivity index (χ3v) is 2.83. The molecule has 0 saturated heterocycles. The van der Waals surface area contributed by atoms with Gasteiger partial charge in [0.2, 0.25) is 0 Å². The number of nitrogen functional groups attached to an aromatic ring is 1. The van der Waals surface area contributed by atoms with Crippen LogP contribution in [-0.2, 0) is 4.79 Å². The van der Waals surface area contributed by atoms with E-state index in [0.29, 0.717) is 22.7 Å². The first-order chi connectivity index (χ1) is 10.1. The smallest absolute Gasteiger partial charge is 0.262 e. The number of amides is 1. The van der Waals surface area contributed by atoms with E-state index in [9.17, 15) is 9.59 Å². The molecule has 108 valence electrons. The number of ketones is 1. The third kappa shape index (κ3) is 4.07. The monoisotopic (exact) mass is 284 g/mol. The Labute approximate surface area is 122 Å². The highest BCUT2D eigenvalue weighted by Gasteiger charge is 2.08. The van der Waals surface area contributed by atoms with E-state index in [1.165, 1.54) is 13.0 Å². The van der Waals surface area contributed by atoms with Crippen molar-refractivity contribution in [1.82, 2.24) is 0 Å². The minimum absolute atomic E-state index is 0.0740. The van der Waals surface area contributed by atoms with E-state index >= 15 is 0 Å². The van der Waals surface area contributed by atoms with Crippen LogP contribution in [0.2, 0.25) is 0 Å². The molecule has 0 aromatic heterocycles. The normalized spacial score (nSPS) is 9.95. The number of ether oxygens (including phenoxy) is 1. The van der Waals surface area contributed by atoms with Gasteiger partial charge in [-0.2, -0.15) is 0 Å². The summed E-state index contributed by atoms with van der Waals surface area (Å²) in [5.74, 6) is 0.0227. The highest BCUT2D eigenvalue weighted by molar-refractivity contribution is 5.95. The Morgan fingerprint density at radius 2 is 1.86 bits per heavy atom. The van der Waals surface area contributed by atoms with Crippen molar-refractivity contribution in [2.45, 2.75) is 6.92 Å². The number of anilines is 2. The number of benzene rings is 2. The van der Waals surface area contributed by atoms with Crippen molar-refractivity contribution < 1.29 is 14.3 Å². The molecule has 0 saturated carbocycles. The van der Waals surface area contributed by atoms with Crippen molar-refractivity contribution in [3.05, 3.63) is 54.1 Å². The van der Waals surface area contributed by atoms with E-state index in [1.807, 2.05) is 18.2 Å². The lowest BCUT2D eigenvalue weighted by Gasteiger charge is -2.10. The first-order valence-electron chi connectivity index (χ1n) is 6.44. The van der Waals surface area contributed by atoms with Crippen LogP contribution in [0.5, 0.6) is 5.75 Å². The van der Waals surface area contributed by atoms with Crippen LogP contribution in [0.4, 0.5) is 11.4 Å². The topological polar surface area (TPSA) is 81.4 Å². The summed E-state index contributed by atoms with van der Waals surface area (Å²) in [5, 5.41) is 2.70. The van der Waals surface area contributed by atoms with Crippen LogP contribution in [0.15, 0.2) is 48.5 Å². The number of Topliss-reactive ketones (excluding diaryl/α,β-unsaturated/α-hetero) is 1. The summed E-state index contributed by atoms with van der Waals surface area (Å²) in [6, 6.07) is 13.8. The Kier molecular flexibility index (Phi) is 4.56. The van der Waals surface area contributed by atoms with Gasteiger partial charge in [-0.15, -0.1) is 0 Å². The lowest BCUT2D eigenvalue weighted by molar-refractivity contribution is -0.118. The molecule has 0 aliphatic heterocycles. The molecule has 21 heavy (non-hydrogen) atoms. The summed E-state index contributed by atoms with van der Waals surface area (Å²) in [6.45, 7) is 1.31. The third-order valence-electron chi connectivity index (χ3n) is 2.83. The second-order valence-electron chi connectivity index (χ2n) is 4.51. The van der Waals surface area contributed by atoms with Gasteiger partial charge in [0.05, 0.1) is 5.69 Å². The van der Waals surface area contributed by atoms with Gasteiger partial charge in [0.15, 0.2) is 12.4 Å². The van der Waals surface area contributed by atoms with Crippen molar-refractivity contribution in [3.63, 3.8) is 0 Å². The summed E-state index contributed by atoms with van der Waals surface area (Å²) < 4.78 is 5.36. The number of carbonyl (C=O) groups is 2. The first kappa shape index (κ1) is 14.6. The number of rotatable bonds is 5. The van der Waals surface area contributed by atoms with E-state index in [1.54, 1.807) is 24.3 Å². The Morgan fingerprint density at radius 1 is 1.14 bits per heavy atom. The maximum absolute atomic E-state index is 11.7. The molecule has 1 amide bonds. The molecule has 5 nitrogen and oxygen atoms in total. The molecule has 0 fully saturated rings. The quantitative estimate of drug-likeness (QED) is 0.653. The van der Waals surface area contributed by atoms with Crippen molar-refractivity contribution in [2.75, 3.05) is 17.7 Å². The van der Waals surface area contributed by atoms with Gasteiger partial charge < -0.3 is 15.8 Å². The largest absolute Gasteiger partial charge is 0.482 e. The van der Waals surface area contributed by atoms with Crippen molar-refractivity contribution in [3.8, 4) is 5.75 Å². The minimum Gasteiger partial charge on any atom is -0.482 e. The standard InChI is InChI=1S/C16H16N2O3/c1-11(19)12-7-8-15(14(17)9-12)21-10-16(20)18-13-5-3-2-4-6-13/h2-9H,10,17H2,1H3,(H,18,20). The fraction of sp³-hybridized carbons (Fsp3) is 0.125. The Morgan fingerprint density at radius 3 is 2.48 bits per heavy atom. The van der Waals surface area contributed by atoms with Gasteiger partial charge in [-0.05, 0) is 37.3 Å². The predicted molar refractivity (Wildman–Crippen MR) is 81.4 cm³/mol. The summed E-state index contributed by atoms with van der Waals surface area (Å²) in [7, 11) is 0. The molecule has 0 atom stereocenters. The molecule has 0 radical (unpaired) electrons. The minimum atomic E-state index is -0.281. The lowest BCUT2D eigenvalue weighted by Crippen LogP contribution is -2.20. The van der Waals surface area contributed by atoms with Gasteiger partial charge in [0.1, 0.15) is 5.75 Å². The van der Waals surface area contributed by atoms with Gasteiger partial charge in [0.25, 0.3) is 5.91 Å². The fourth-order valence-electron chi connectivity index (χ4n) is 1.76. The van der Waals surface area contributed by atoms with Crippen molar-refractivity contribution in [2.24, 2.45) is 0 Å². The van der Waals surface area contributed by atoms with Crippen LogP contribution < -0.4 is 15.8 Å². The highest BCUT2D eigenvalue weighted by Crippen LogP contribution is 2.22. The van der Waals surface area contributed by atoms with Gasteiger partial charge >= 0.3 is 0 Å². The molecular formula is C16H16N2O3. The maximum Gasteiger partial charge on any atom is 0.262 e. The zero-order valence-electron chi connectivity index (χ0n) is 11.6.